The van der Waals surface area contributed by atoms with Gasteiger partial charge in [-0.2, -0.15) is 0 Å². The van der Waals surface area contributed by atoms with E-state index in [-0.39, 0.29) is 5.41 Å². The first-order valence-electron chi connectivity index (χ1n) is 9.48. The Labute approximate surface area is 162 Å². The number of methoxy groups -OCH3 is 1. The summed E-state index contributed by atoms with van der Waals surface area (Å²) in [5.41, 5.74) is 2.14. The molecule has 1 heterocycles. The fraction of sp³-hybridized carbons (Fsp3) is 0.524. The Bertz CT molecular complexity index is 733. The van der Waals surface area contributed by atoms with Crippen LogP contribution in [0, 0.1) is 0 Å². The molecular formula is C21H32N4O2. The third-order valence-electron chi connectivity index (χ3n) is 4.48. The van der Waals surface area contributed by atoms with Gasteiger partial charge in [0.15, 0.2) is 11.7 Å². The maximum atomic E-state index is 5.37. The summed E-state index contributed by atoms with van der Waals surface area (Å²) in [4.78, 5) is 4.62. The molecule has 2 rings (SSSR count). The highest BCUT2D eigenvalue weighted by Gasteiger charge is 2.21. The molecule has 0 aliphatic heterocycles. The second-order valence-corrected chi connectivity index (χ2v) is 7.53. The van der Waals surface area contributed by atoms with Gasteiger partial charge >= 0.3 is 0 Å². The summed E-state index contributed by atoms with van der Waals surface area (Å²) < 4.78 is 10.6. The van der Waals surface area contributed by atoms with Crippen LogP contribution in [0.15, 0.2) is 39.8 Å². The molecule has 2 N–H and O–H groups in total. The van der Waals surface area contributed by atoms with E-state index in [2.05, 4.69) is 67.5 Å². The van der Waals surface area contributed by atoms with Crippen molar-refractivity contribution < 1.29 is 9.26 Å². The van der Waals surface area contributed by atoms with Gasteiger partial charge in [-0.1, -0.05) is 45.0 Å². The normalized spacial score (nSPS) is 12.3. The molecule has 0 amide bonds. The van der Waals surface area contributed by atoms with Crippen LogP contribution in [0.5, 0.6) is 5.75 Å². The number of hydrogen-bond donors (Lipinski definition) is 2. The molecule has 148 valence electrons. The first kappa shape index (κ1) is 20.8. The fourth-order valence-electron chi connectivity index (χ4n) is 2.62. The summed E-state index contributed by atoms with van der Waals surface area (Å²) in [5.74, 6) is 2.75. The lowest BCUT2D eigenvalue weighted by molar-refractivity contribution is 0.376. The van der Waals surface area contributed by atoms with Crippen molar-refractivity contribution in [3.05, 3.63) is 47.3 Å². The van der Waals surface area contributed by atoms with Crippen molar-refractivity contribution in [3.8, 4) is 5.75 Å². The minimum absolute atomic E-state index is 0.0560. The van der Waals surface area contributed by atoms with Gasteiger partial charge in [-0.3, -0.25) is 0 Å². The van der Waals surface area contributed by atoms with Crippen molar-refractivity contribution >= 4 is 5.96 Å². The maximum absolute atomic E-state index is 5.37. The summed E-state index contributed by atoms with van der Waals surface area (Å²) in [5, 5.41) is 10.8. The van der Waals surface area contributed by atoms with E-state index in [0.29, 0.717) is 12.5 Å². The van der Waals surface area contributed by atoms with Crippen molar-refractivity contribution in [2.75, 3.05) is 20.2 Å². The zero-order valence-corrected chi connectivity index (χ0v) is 17.3. The number of benzene rings is 1. The second kappa shape index (κ2) is 9.44. The lowest BCUT2D eigenvalue weighted by Gasteiger charge is -2.27. The Morgan fingerprint density at radius 2 is 1.93 bits per heavy atom. The number of aliphatic imine (C=N–C) groups is 1. The molecule has 0 spiro atoms. The Balaban J connectivity index is 2.00. The molecule has 6 heteroatoms. The van der Waals surface area contributed by atoms with E-state index in [1.54, 1.807) is 7.11 Å². The highest BCUT2D eigenvalue weighted by Crippen LogP contribution is 2.24. The van der Waals surface area contributed by atoms with Crippen LogP contribution in [0.2, 0.25) is 0 Å². The number of nitrogens with zero attached hydrogens (tertiary/aromatic N) is 2. The van der Waals surface area contributed by atoms with E-state index < -0.39 is 0 Å². The van der Waals surface area contributed by atoms with Crippen molar-refractivity contribution in [3.63, 3.8) is 0 Å². The molecule has 0 saturated carbocycles. The van der Waals surface area contributed by atoms with Gasteiger partial charge in [-0.25, -0.2) is 4.99 Å². The predicted molar refractivity (Wildman–Crippen MR) is 109 cm³/mol. The molecule has 0 aliphatic rings. The number of aromatic nitrogens is 1. The standard InChI is InChI=1S/C21H32N4O2/c1-7-22-20(23-13-18-12-19(15(2)3)25-27-18)24-14-21(4,5)16-8-10-17(26-6)11-9-16/h8-12,15H,7,13-14H2,1-6H3,(H2,22,23,24). The van der Waals surface area contributed by atoms with E-state index in [9.17, 15) is 0 Å². The van der Waals surface area contributed by atoms with E-state index in [1.165, 1.54) is 5.56 Å². The Morgan fingerprint density at radius 3 is 2.48 bits per heavy atom. The second-order valence-electron chi connectivity index (χ2n) is 7.53. The first-order chi connectivity index (χ1) is 12.9. The van der Waals surface area contributed by atoms with Crippen LogP contribution in [-0.4, -0.2) is 31.3 Å². The SMILES string of the molecule is CCNC(=NCc1cc(C(C)C)no1)NCC(C)(C)c1ccc(OC)cc1. The molecule has 1 aromatic carbocycles. The molecule has 0 fully saturated rings. The van der Waals surface area contributed by atoms with E-state index in [4.69, 9.17) is 9.26 Å². The summed E-state index contributed by atoms with van der Waals surface area (Å²) >= 11 is 0. The van der Waals surface area contributed by atoms with Gasteiger partial charge in [-0.15, -0.1) is 0 Å². The molecule has 0 atom stereocenters. The zero-order chi connectivity index (χ0) is 19.9. The lowest BCUT2D eigenvalue weighted by atomic mass is 9.84. The number of guanidine groups is 1. The quantitative estimate of drug-likeness (QED) is 0.544. The summed E-state index contributed by atoms with van der Waals surface area (Å²) in [7, 11) is 1.68. The summed E-state index contributed by atoms with van der Waals surface area (Å²) in [6, 6.07) is 10.2. The molecule has 27 heavy (non-hydrogen) atoms. The van der Waals surface area contributed by atoms with E-state index in [0.717, 1.165) is 36.3 Å². The van der Waals surface area contributed by atoms with Gasteiger partial charge in [0.05, 0.1) is 12.8 Å². The third-order valence-corrected chi connectivity index (χ3v) is 4.48. The maximum Gasteiger partial charge on any atom is 0.191 e. The topological polar surface area (TPSA) is 71.7 Å². The number of nitrogens with one attached hydrogen (secondary N) is 2. The summed E-state index contributed by atoms with van der Waals surface area (Å²) in [6.45, 7) is 12.7. The molecule has 0 aliphatic carbocycles. The van der Waals surface area contributed by atoms with E-state index in [1.807, 2.05) is 18.2 Å². The van der Waals surface area contributed by atoms with Crippen LogP contribution in [0.25, 0.3) is 0 Å². The van der Waals surface area contributed by atoms with E-state index >= 15 is 0 Å². The van der Waals surface area contributed by atoms with Gasteiger partial charge in [0, 0.05) is 24.6 Å². The largest absolute Gasteiger partial charge is 0.497 e. The van der Waals surface area contributed by atoms with Crippen molar-refractivity contribution in [2.45, 2.75) is 52.5 Å². The van der Waals surface area contributed by atoms with Crippen LogP contribution in [0.1, 0.15) is 57.6 Å². The monoisotopic (exact) mass is 372 g/mol. The highest BCUT2D eigenvalue weighted by atomic mass is 16.5. The molecule has 2 aromatic rings. The Kier molecular flexibility index (Phi) is 7.28. The number of hydrogen-bond acceptors (Lipinski definition) is 4. The molecule has 0 saturated heterocycles. The van der Waals surface area contributed by atoms with Crippen molar-refractivity contribution in [1.29, 1.82) is 0 Å². The average Bonchev–Trinajstić information content (AvgIpc) is 3.13. The fourth-order valence-corrected chi connectivity index (χ4v) is 2.62. The smallest absolute Gasteiger partial charge is 0.191 e. The Morgan fingerprint density at radius 1 is 1.22 bits per heavy atom. The molecule has 0 unspecified atom stereocenters. The zero-order valence-electron chi connectivity index (χ0n) is 17.3. The molecular weight excluding hydrogens is 340 g/mol. The molecule has 0 radical (unpaired) electrons. The van der Waals surface area contributed by atoms with Gasteiger partial charge < -0.3 is 19.9 Å². The van der Waals surface area contributed by atoms with Crippen LogP contribution >= 0.6 is 0 Å². The van der Waals surface area contributed by atoms with Gasteiger partial charge in [0.1, 0.15) is 12.3 Å². The molecule has 1 aromatic heterocycles. The van der Waals surface area contributed by atoms with Crippen LogP contribution in [-0.2, 0) is 12.0 Å². The lowest BCUT2D eigenvalue weighted by Crippen LogP contribution is -2.43. The highest BCUT2D eigenvalue weighted by molar-refractivity contribution is 5.79. The van der Waals surface area contributed by atoms with Crippen molar-refractivity contribution in [1.82, 2.24) is 15.8 Å². The number of rotatable bonds is 8. The van der Waals surface area contributed by atoms with Gasteiger partial charge in [-0.05, 0) is 30.5 Å². The summed E-state index contributed by atoms with van der Waals surface area (Å²) in [6.07, 6.45) is 0. The van der Waals surface area contributed by atoms with Crippen molar-refractivity contribution in [2.24, 2.45) is 4.99 Å². The average molecular weight is 373 g/mol. The van der Waals surface area contributed by atoms with Gasteiger partial charge in [0.25, 0.3) is 0 Å². The first-order valence-corrected chi connectivity index (χ1v) is 9.48. The van der Waals surface area contributed by atoms with Crippen LogP contribution in [0.4, 0.5) is 0 Å². The van der Waals surface area contributed by atoms with Crippen LogP contribution < -0.4 is 15.4 Å². The molecule has 0 bridgehead atoms. The van der Waals surface area contributed by atoms with Gasteiger partial charge in [0.2, 0.25) is 0 Å². The number of ether oxygens (including phenoxy) is 1. The predicted octanol–water partition coefficient (Wildman–Crippen LogP) is 3.84. The Hall–Kier alpha value is -2.50. The third kappa shape index (κ3) is 6.01. The van der Waals surface area contributed by atoms with Crippen LogP contribution in [0.3, 0.4) is 0 Å². The minimum atomic E-state index is -0.0560. The molecule has 6 nitrogen and oxygen atoms in total. The minimum Gasteiger partial charge on any atom is -0.497 e.